The highest BCUT2D eigenvalue weighted by atomic mass is 16.7. The minimum absolute atomic E-state index is 0.00575. The molecule has 2 aromatic rings. The topological polar surface area (TPSA) is 60.0 Å². The van der Waals surface area contributed by atoms with Gasteiger partial charge in [-0.3, -0.25) is 9.69 Å². The molecular weight excluding hydrogens is 344 g/mol. The Labute approximate surface area is 160 Å². The zero-order valence-corrected chi connectivity index (χ0v) is 16.0. The molecule has 144 valence electrons. The molecule has 1 saturated heterocycles. The van der Waals surface area contributed by atoms with Gasteiger partial charge in [0.15, 0.2) is 6.79 Å². The molecule has 1 amide bonds. The first-order valence-electron chi connectivity index (χ1n) is 8.96. The number of benzene rings is 2. The molecule has 6 heteroatoms. The van der Waals surface area contributed by atoms with Crippen molar-refractivity contribution in [2.24, 2.45) is 0 Å². The first-order chi connectivity index (χ1) is 13.0. The van der Waals surface area contributed by atoms with E-state index in [2.05, 4.69) is 10.2 Å². The lowest BCUT2D eigenvalue weighted by Crippen LogP contribution is -2.63. The van der Waals surface area contributed by atoms with Crippen molar-refractivity contribution >= 4 is 11.6 Å². The van der Waals surface area contributed by atoms with Crippen molar-refractivity contribution in [3.05, 3.63) is 54.1 Å². The van der Waals surface area contributed by atoms with E-state index in [0.717, 1.165) is 35.7 Å². The number of carbonyl (C=O) groups excluding carboxylic acids is 1. The molecule has 1 atom stereocenters. The van der Waals surface area contributed by atoms with Gasteiger partial charge in [-0.2, -0.15) is 0 Å². The maximum atomic E-state index is 12.9. The van der Waals surface area contributed by atoms with Crippen molar-refractivity contribution in [1.82, 2.24) is 4.90 Å². The van der Waals surface area contributed by atoms with Gasteiger partial charge in [-0.25, -0.2) is 0 Å². The molecule has 1 heterocycles. The number of carbonyl (C=O) groups is 1. The smallest absolute Gasteiger partial charge is 0.244 e. The van der Waals surface area contributed by atoms with Crippen LogP contribution in [0, 0.1) is 0 Å². The lowest BCUT2D eigenvalue weighted by molar-refractivity contribution is -0.136. The molecule has 6 nitrogen and oxygen atoms in total. The quantitative estimate of drug-likeness (QED) is 0.723. The van der Waals surface area contributed by atoms with Crippen molar-refractivity contribution in [3.63, 3.8) is 0 Å². The maximum absolute atomic E-state index is 12.9. The summed E-state index contributed by atoms with van der Waals surface area (Å²) < 4.78 is 15.7. The van der Waals surface area contributed by atoms with Gasteiger partial charge in [0.2, 0.25) is 5.91 Å². The third-order valence-corrected chi connectivity index (χ3v) is 5.00. The average Bonchev–Trinajstić information content (AvgIpc) is 2.69. The average molecular weight is 370 g/mol. The van der Waals surface area contributed by atoms with Gasteiger partial charge < -0.3 is 19.5 Å². The first kappa shape index (κ1) is 19.2. The number of nitrogens with zero attached hydrogens (tertiary/aromatic N) is 1. The van der Waals surface area contributed by atoms with Crippen molar-refractivity contribution in [1.29, 1.82) is 0 Å². The number of hydrogen-bond donors (Lipinski definition) is 1. The van der Waals surface area contributed by atoms with Crippen LogP contribution in [0.5, 0.6) is 11.5 Å². The van der Waals surface area contributed by atoms with E-state index in [1.54, 1.807) is 14.2 Å². The maximum Gasteiger partial charge on any atom is 0.244 e. The molecule has 0 saturated carbocycles. The lowest BCUT2D eigenvalue weighted by Gasteiger charge is -2.49. The Morgan fingerprint density at radius 1 is 1.15 bits per heavy atom. The monoisotopic (exact) mass is 370 g/mol. The first-order valence-corrected chi connectivity index (χ1v) is 8.96. The van der Waals surface area contributed by atoms with Crippen LogP contribution in [0.15, 0.2) is 48.5 Å². The second-order valence-electron chi connectivity index (χ2n) is 6.83. The van der Waals surface area contributed by atoms with Crippen LogP contribution < -0.4 is 14.8 Å². The number of rotatable bonds is 8. The number of methoxy groups -OCH3 is 2. The molecular formula is C21H26N2O4. The van der Waals surface area contributed by atoms with Crippen molar-refractivity contribution < 1.29 is 19.0 Å². The summed E-state index contributed by atoms with van der Waals surface area (Å²) in [7, 11) is 3.21. The van der Waals surface area contributed by atoms with E-state index >= 15 is 0 Å². The summed E-state index contributed by atoms with van der Waals surface area (Å²) in [6.45, 7) is 3.77. The Morgan fingerprint density at radius 2 is 1.93 bits per heavy atom. The minimum atomic E-state index is -0.535. The molecule has 0 spiro atoms. The van der Waals surface area contributed by atoms with E-state index in [0.29, 0.717) is 6.54 Å². The van der Waals surface area contributed by atoms with Crippen molar-refractivity contribution in [2.75, 3.05) is 32.9 Å². The van der Waals surface area contributed by atoms with Gasteiger partial charge in [0.25, 0.3) is 0 Å². The number of likely N-dealkylation sites (tertiary alicyclic amines) is 1. The Kier molecular flexibility index (Phi) is 5.98. The van der Waals surface area contributed by atoms with Gasteiger partial charge >= 0.3 is 0 Å². The summed E-state index contributed by atoms with van der Waals surface area (Å²) in [5.74, 6) is 1.47. The third-order valence-electron chi connectivity index (χ3n) is 5.00. The summed E-state index contributed by atoms with van der Waals surface area (Å²) in [6, 6.07) is 15.3. The van der Waals surface area contributed by atoms with E-state index in [9.17, 15) is 4.79 Å². The molecule has 1 aliphatic heterocycles. The second kappa shape index (κ2) is 8.41. The highest BCUT2D eigenvalue weighted by Crippen LogP contribution is 2.34. The van der Waals surface area contributed by atoms with Crippen molar-refractivity contribution in [3.8, 4) is 11.5 Å². The summed E-state index contributed by atoms with van der Waals surface area (Å²) in [4.78, 5) is 15.1. The molecule has 0 aliphatic carbocycles. The number of ether oxygens (including phenoxy) is 3. The van der Waals surface area contributed by atoms with Gasteiger partial charge in [0.1, 0.15) is 11.5 Å². The van der Waals surface area contributed by atoms with E-state index < -0.39 is 5.54 Å². The van der Waals surface area contributed by atoms with Gasteiger partial charge in [-0.1, -0.05) is 18.2 Å². The molecule has 0 radical (unpaired) electrons. The van der Waals surface area contributed by atoms with Crippen LogP contribution in [-0.4, -0.2) is 43.9 Å². The molecule has 1 aliphatic rings. The lowest BCUT2D eigenvalue weighted by atomic mass is 9.85. The normalized spacial score (nSPS) is 19.2. The number of nitrogens with one attached hydrogen (secondary N) is 1. The van der Waals surface area contributed by atoms with E-state index in [1.165, 1.54) is 0 Å². The highest BCUT2D eigenvalue weighted by Gasteiger charge is 2.46. The fourth-order valence-corrected chi connectivity index (χ4v) is 3.16. The highest BCUT2D eigenvalue weighted by molar-refractivity contribution is 5.98. The Bertz CT molecular complexity index is 795. The molecule has 0 aromatic heterocycles. The molecule has 0 bridgehead atoms. The largest absolute Gasteiger partial charge is 0.497 e. The van der Waals surface area contributed by atoms with E-state index in [-0.39, 0.29) is 12.7 Å². The standard InChI is InChI=1S/C21H26N2O4/c1-21(20(24)22-17-7-5-8-18(13-17)26-3)10-11-23(21)14-16-6-4-9-19(12-16)27-15-25-2/h4-9,12-13H,10-11,14-15H2,1-3H3,(H,22,24). The van der Waals surface area contributed by atoms with E-state index in [1.807, 2.05) is 55.5 Å². The minimum Gasteiger partial charge on any atom is -0.497 e. The fraction of sp³-hybridized carbons (Fsp3) is 0.381. The number of anilines is 1. The van der Waals surface area contributed by atoms with Gasteiger partial charge in [-0.15, -0.1) is 0 Å². The second-order valence-corrected chi connectivity index (χ2v) is 6.83. The third kappa shape index (κ3) is 4.40. The summed E-state index contributed by atoms with van der Waals surface area (Å²) in [6.07, 6.45) is 0.822. The Balaban J connectivity index is 1.65. The molecule has 2 aromatic carbocycles. The molecule has 27 heavy (non-hydrogen) atoms. The zero-order valence-electron chi connectivity index (χ0n) is 16.0. The van der Waals surface area contributed by atoms with Crippen LogP contribution in [0.25, 0.3) is 0 Å². The molecule has 3 rings (SSSR count). The van der Waals surface area contributed by atoms with Crippen LogP contribution in [0.1, 0.15) is 18.9 Å². The van der Waals surface area contributed by atoms with Crippen LogP contribution in [-0.2, 0) is 16.1 Å². The molecule has 1 N–H and O–H groups in total. The van der Waals surface area contributed by atoms with Crippen LogP contribution in [0.2, 0.25) is 0 Å². The summed E-state index contributed by atoms with van der Waals surface area (Å²) >= 11 is 0. The summed E-state index contributed by atoms with van der Waals surface area (Å²) in [5, 5.41) is 3.01. The van der Waals surface area contributed by atoms with E-state index in [4.69, 9.17) is 14.2 Å². The van der Waals surface area contributed by atoms with Crippen LogP contribution >= 0.6 is 0 Å². The molecule has 1 fully saturated rings. The van der Waals surface area contributed by atoms with Crippen LogP contribution in [0.4, 0.5) is 5.69 Å². The zero-order chi connectivity index (χ0) is 19.3. The van der Waals surface area contributed by atoms with Crippen molar-refractivity contribution in [2.45, 2.75) is 25.4 Å². The Morgan fingerprint density at radius 3 is 2.63 bits per heavy atom. The van der Waals surface area contributed by atoms with Gasteiger partial charge in [0.05, 0.1) is 12.6 Å². The SMILES string of the molecule is COCOc1cccc(CN2CCC2(C)C(=O)Nc2cccc(OC)c2)c1. The summed E-state index contributed by atoms with van der Waals surface area (Å²) in [5.41, 5.74) is 1.30. The predicted octanol–water partition coefficient (Wildman–Crippen LogP) is 3.28. The predicted molar refractivity (Wildman–Crippen MR) is 104 cm³/mol. The van der Waals surface area contributed by atoms with Gasteiger partial charge in [0, 0.05) is 32.0 Å². The fourth-order valence-electron chi connectivity index (χ4n) is 3.16. The van der Waals surface area contributed by atoms with Gasteiger partial charge in [-0.05, 0) is 43.2 Å². The van der Waals surface area contributed by atoms with Crippen LogP contribution in [0.3, 0.4) is 0 Å². The molecule has 1 unspecified atom stereocenters. The number of amides is 1. The Hall–Kier alpha value is -2.57. The number of hydrogen-bond acceptors (Lipinski definition) is 5.